The van der Waals surface area contributed by atoms with Crippen LogP contribution in [0, 0.1) is 20.8 Å². The topological polar surface area (TPSA) is 75.3 Å². The second kappa shape index (κ2) is 8.24. The minimum atomic E-state index is -0.404. The van der Waals surface area contributed by atoms with Gasteiger partial charge in [0.25, 0.3) is 5.91 Å². The van der Waals surface area contributed by atoms with Gasteiger partial charge >= 0.3 is 0 Å². The second-order valence-corrected chi connectivity index (χ2v) is 6.11. The molecule has 0 aliphatic rings. The van der Waals surface area contributed by atoms with Gasteiger partial charge in [-0.2, -0.15) is 0 Å². The van der Waals surface area contributed by atoms with Crippen molar-refractivity contribution >= 4 is 17.6 Å². The summed E-state index contributed by atoms with van der Waals surface area (Å²) in [5.74, 6) is -0.880. The number of carbonyl (C=O) groups excluding carboxylic acids is 3. The van der Waals surface area contributed by atoms with Crippen molar-refractivity contribution in [2.45, 2.75) is 33.6 Å². The molecule has 0 unspecified atom stereocenters. The summed E-state index contributed by atoms with van der Waals surface area (Å²) >= 11 is 0. The molecule has 0 saturated carbocycles. The van der Waals surface area contributed by atoms with E-state index >= 15 is 0 Å². The first-order chi connectivity index (χ1) is 11.9. The van der Waals surface area contributed by atoms with E-state index < -0.39 is 11.8 Å². The van der Waals surface area contributed by atoms with Gasteiger partial charge in [-0.25, -0.2) is 0 Å². The molecule has 0 aromatic heterocycles. The predicted octanol–water partition coefficient (Wildman–Crippen LogP) is 3.04. The molecule has 0 aliphatic carbocycles. The van der Waals surface area contributed by atoms with Crippen molar-refractivity contribution in [1.29, 1.82) is 0 Å². The molecule has 5 nitrogen and oxygen atoms in total. The zero-order valence-corrected chi connectivity index (χ0v) is 14.7. The van der Waals surface area contributed by atoms with Gasteiger partial charge in [0, 0.05) is 24.0 Å². The molecule has 0 radical (unpaired) electrons. The van der Waals surface area contributed by atoms with Crippen molar-refractivity contribution < 1.29 is 14.4 Å². The average molecular weight is 338 g/mol. The number of Topliss-reactive ketones (excluding diaryl/α,β-unsaturated/α-hetero) is 1. The summed E-state index contributed by atoms with van der Waals surface area (Å²) in [4.78, 5) is 36.0. The summed E-state index contributed by atoms with van der Waals surface area (Å²) in [7, 11) is 0. The van der Waals surface area contributed by atoms with E-state index in [-0.39, 0.29) is 18.6 Å². The van der Waals surface area contributed by atoms with Gasteiger partial charge in [-0.05, 0) is 44.5 Å². The largest absolute Gasteiger partial charge is 0.294 e. The molecule has 2 aromatic carbocycles. The Kier molecular flexibility index (Phi) is 6.06. The number of hydrogen-bond acceptors (Lipinski definition) is 3. The maximum Gasteiger partial charge on any atom is 0.269 e. The van der Waals surface area contributed by atoms with Crippen LogP contribution in [0.5, 0.6) is 0 Å². The van der Waals surface area contributed by atoms with Crippen LogP contribution in [0.2, 0.25) is 0 Å². The molecule has 0 spiro atoms. The Morgan fingerprint density at radius 1 is 0.800 bits per heavy atom. The van der Waals surface area contributed by atoms with Gasteiger partial charge in [0.1, 0.15) is 0 Å². The molecule has 5 heteroatoms. The van der Waals surface area contributed by atoms with Crippen molar-refractivity contribution in [3.8, 4) is 0 Å². The van der Waals surface area contributed by atoms with Crippen LogP contribution >= 0.6 is 0 Å². The number of amides is 2. The molecule has 0 aliphatic heterocycles. The van der Waals surface area contributed by atoms with Crippen molar-refractivity contribution in [3.63, 3.8) is 0 Å². The SMILES string of the molecule is Cc1ccc(C(=O)NNC(=O)CCC(=O)c2cc(C)ccc2C)cc1. The molecule has 2 aromatic rings. The maximum atomic E-state index is 12.2. The Labute approximate surface area is 147 Å². The Balaban J connectivity index is 1.82. The standard InChI is InChI=1S/C20H22N2O3/c1-13-5-8-16(9-6-13)20(25)22-21-19(24)11-10-18(23)17-12-14(2)4-7-15(17)3/h4-9,12H,10-11H2,1-3H3,(H,21,24)(H,22,25). The lowest BCUT2D eigenvalue weighted by atomic mass is 9.99. The van der Waals surface area contributed by atoms with Crippen LogP contribution in [0.4, 0.5) is 0 Å². The molecule has 130 valence electrons. The van der Waals surface area contributed by atoms with Gasteiger partial charge in [-0.15, -0.1) is 0 Å². The monoisotopic (exact) mass is 338 g/mol. The second-order valence-electron chi connectivity index (χ2n) is 6.11. The molecule has 2 N–H and O–H groups in total. The highest BCUT2D eigenvalue weighted by Gasteiger charge is 2.12. The minimum absolute atomic E-state index is 0.0143. The maximum absolute atomic E-state index is 12.2. The van der Waals surface area contributed by atoms with E-state index in [1.807, 2.05) is 51.1 Å². The number of aryl methyl sites for hydroxylation is 3. The number of ketones is 1. The number of carbonyl (C=O) groups is 3. The van der Waals surface area contributed by atoms with Crippen LogP contribution in [-0.2, 0) is 4.79 Å². The first kappa shape index (κ1) is 18.4. The van der Waals surface area contributed by atoms with E-state index in [1.165, 1.54) is 0 Å². The Hall–Kier alpha value is -2.95. The van der Waals surface area contributed by atoms with Crippen molar-refractivity contribution in [2.24, 2.45) is 0 Å². The van der Waals surface area contributed by atoms with E-state index in [1.54, 1.807) is 12.1 Å². The van der Waals surface area contributed by atoms with Crippen molar-refractivity contribution in [2.75, 3.05) is 0 Å². The van der Waals surface area contributed by atoms with Gasteiger partial charge in [0.05, 0.1) is 0 Å². The molecule has 0 saturated heterocycles. The lowest BCUT2D eigenvalue weighted by Gasteiger charge is -2.08. The van der Waals surface area contributed by atoms with Crippen LogP contribution in [-0.4, -0.2) is 17.6 Å². The van der Waals surface area contributed by atoms with Crippen molar-refractivity contribution in [3.05, 3.63) is 70.3 Å². The summed E-state index contributed by atoms with van der Waals surface area (Å²) in [5.41, 5.74) is 8.72. The van der Waals surface area contributed by atoms with Crippen molar-refractivity contribution in [1.82, 2.24) is 10.9 Å². The molecule has 0 fully saturated rings. The molecule has 0 heterocycles. The number of rotatable bonds is 5. The summed E-state index contributed by atoms with van der Waals surface area (Å²) in [6.07, 6.45) is 0.108. The fraction of sp³-hybridized carbons (Fsp3) is 0.250. The normalized spacial score (nSPS) is 10.2. The van der Waals surface area contributed by atoms with E-state index in [2.05, 4.69) is 10.9 Å². The van der Waals surface area contributed by atoms with Gasteiger partial charge < -0.3 is 0 Å². The average Bonchev–Trinajstić information content (AvgIpc) is 2.60. The van der Waals surface area contributed by atoms with E-state index in [4.69, 9.17) is 0 Å². The summed E-state index contributed by atoms with van der Waals surface area (Å²) in [6, 6.07) is 12.7. The lowest BCUT2D eigenvalue weighted by molar-refractivity contribution is -0.121. The molecule has 0 atom stereocenters. The number of nitrogens with one attached hydrogen (secondary N) is 2. The van der Waals surface area contributed by atoms with Gasteiger partial charge in [0.15, 0.2) is 5.78 Å². The lowest BCUT2D eigenvalue weighted by Crippen LogP contribution is -2.41. The quantitative estimate of drug-likeness (QED) is 0.650. The first-order valence-corrected chi connectivity index (χ1v) is 8.13. The zero-order chi connectivity index (χ0) is 18.4. The zero-order valence-electron chi connectivity index (χ0n) is 14.7. The van der Waals surface area contributed by atoms with Gasteiger partial charge in [0.2, 0.25) is 5.91 Å². The third-order valence-electron chi connectivity index (χ3n) is 3.90. The van der Waals surface area contributed by atoms with Gasteiger partial charge in [-0.3, -0.25) is 25.2 Å². The molecular formula is C20H22N2O3. The van der Waals surface area contributed by atoms with Crippen LogP contribution in [0.25, 0.3) is 0 Å². The van der Waals surface area contributed by atoms with Crippen LogP contribution in [0.15, 0.2) is 42.5 Å². The third kappa shape index (κ3) is 5.28. The molecule has 0 bridgehead atoms. The van der Waals surface area contributed by atoms with Gasteiger partial charge in [-0.1, -0.05) is 35.4 Å². The first-order valence-electron chi connectivity index (χ1n) is 8.13. The predicted molar refractivity (Wildman–Crippen MR) is 96.3 cm³/mol. The number of hydrogen-bond donors (Lipinski definition) is 2. The highest BCUT2D eigenvalue weighted by atomic mass is 16.2. The van der Waals surface area contributed by atoms with Crippen LogP contribution in [0.3, 0.4) is 0 Å². The molecular weight excluding hydrogens is 316 g/mol. The highest BCUT2D eigenvalue weighted by molar-refractivity contribution is 6.00. The van der Waals surface area contributed by atoms with Crippen LogP contribution < -0.4 is 10.9 Å². The minimum Gasteiger partial charge on any atom is -0.294 e. The van der Waals surface area contributed by atoms with E-state index in [0.29, 0.717) is 11.1 Å². The smallest absolute Gasteiger partial charge is 0.269 e. The Morgan fingerprint density at radius 3 is 2.12 bits per heavy atom. The summed E-state index contributed by atoms with van der Waals surface area (Å²) in [6.45, 7) is 5.72. The summed E-state index contributed by atoms with van der Waals surface area (Å²) in [5, 5.41) is 0. The third-order valence-corrected chi connectivity index (χ3v) is 3.90. The molecule has 25 heavy (non-hydrogen) atoms. The highest BCUT2D eigenvalue weighted by Crippen LogP contribution is 2.13. The van der Waals surface area contributed by atoms with E-state index in [0.717, 1.165) is 16.7 Å². The molecule has 2 amide bonds. The summed E-state index contributed by atoms with van der Waals surface area (Å²) < 4.78 is 0. The fourth-order valence-corrected chi connectivity index (χ4v) is 2.36. The van der Waals surface area contributed by atoms with E-state index in [9.17, 15) is 14.4 Å². The van der Waals surface area contributed by atoms with Crippen LogP contribution in [0.1, 0.15) is 50.2 Å². The fourth-order valence-electron chi connectivity index (χ4n) is 2.36. The Bertz CT molecular complexity index is 795. The Morgan fingerprint density at radius 2 is 1.44 bits per heavy atom. The number of hydrazine groups is 1. The molecule has 2 rings (SSSR count). The number of benzene rings is 2.